The van der Waals surface area contributed by atoms with Gasteiger partial charge in [-0.3, -0.25) is 0 Å². The molecule has 0 aliphatic carbocycles. The summed E-state index contributed by atoms with van der Waals surface area (Å²) in [6.07, 6.45) is 0. The lowest BCUT2D eigenvalue weighted by Gasteiger charge is -2.26. The van der Waals surface area contributed by atoms with Crippen molar-refractivity contribution in [1.82, 2.24) is 0 Å². The van der Waals surface area contributed by atoms with E-state index in [2.05, 4.69) is 0 Å². The highest BCUT2D eigenvalue weighted by Crippen LogP contribution is 2.39. The van der Waals surface area contributed by atoms with Crippen molar-refractivity contribution in [3.05, 3.63) is 12.1 Å². The number of rotatable bonds is 6. The predicted molar refractivity (Wildman–Crippen MR) is 71.6 cm³/mol. The molecular weight excluding hydrogens is 250 g/mol. The molecule has 1 aromatic carbocycles. The molecule has 106 valence electrons. The van der Waals surface area contributed by atoms with E-state index in [4.69, 9.17) is 19.3 Å². The number of nitrogens with zero attached hydrogens (tertiary/aromatic N) is 1. The van der Waals surface area contributed by atoms with Crippen LogP contribution in [0.3, 0.4) is 0 Å². The van der Waals surface area contributed by atoms with Crippen molar-refractivity contribution in [2.45, 2.75) is 13.0 Å². The molecule has 0 heterocycles. The van der Waals surface area contributed by atoms with Gasteiger partial charge in [0.25, 0.3) is 0 Å². The highest BCUT2D eigenvalue weighted by Gasteiger charge is 2.22. The lowest BCUT2D eigenvalue weighted by atomic mass is 10.2. The Bertz CT molecular complexity index is 461. The lowest BCUT2D eigenvalue weighted by Crippen LogP contribution is -2.36. The van der Waals surface area contributed by atoms with E-state index in [1.165, 1.54) is 21.3 Å². The zero-order valence-corrected chi connectivity index (χ0v) is 11.8. The maximum atomic E-state index is 11.1. The molecule has 0 saturated carbocycles. The third-order valence-corrected chi connectivity index (χ3v) is 3.00. The number of carboxylic acid groups (broad SMARTS) is 1. The van der Waals surface area contributed by atoms with E-state index in [9.17, 15) is 4.79 Å². The summed E-state index contributed by atoms with van der Waals surface area (Å²) in [5.74, 6) is 0.648. The number of hydrogen-bond acceptors (Lipinski definition) is 5. The van der Waals surface area contributed by atoms with Crippen LogP contribution in [0.1, 0.15) is 6.92 Å². The van der Waals surface area contributed by atoms with E-state index in [-0.39, 0.29) is 0 Å². The van der Waals surface area contributed by atoms with Crippen LogP contribution in [0.4, 0.5) is 5.69 Å². The van der Waals surface area contributed by atoms with Gasteiger partial charge in [0.05, 0.1) is 27.0 Å². The van der Waals surface area contributed by atoms with Crippen LogP contribution in [0.5, 0.6) is 17.2 Å². The summed E-state index contributed by atoms with van der Waals surface area (Å²) >= 11 is 0. The molecule has 0 saturated heterocycles. The first-order valence-electron chi connectivity index (χ1n) is 5.71. The summed E-state index contributed by atoms with van der Waals surface area (Å²) in [7, 11) is 6.25. The van der Waals surface area contributed by atoms with Gasteiger partial charge in [0.1, 0.15) is 11.8 Å². The summed E-state index contributed by atoms with van der Waals surface area (Å²) in [5, 5.41) is 9.07. The maximum Gasteiger partial charge on any atom is 0.326 e. The first-order chi connectivity index (χ1) is 8.96. The molecule has 0 bridgehead atoms. The molecular formula is C13H19NO5. The fourth-order valence-corrected chi connectivity index (χ4v) is 1.66. The second-order valence-electron chi connectivity index (χ2n) is 4.00. The van der Waals surface area contributed by atoms with Gasteiger partial charge in [-0.15, -0.1) is 0 Å². The third kappa shape index (κ3) is 3.01. The van der Waals surface area contributed by atoms with Gasteiger partial charge in [0.15, 0.2) is 11.5 Å². The van der Waals surface area contributed by atoms with Crippen molar-refractivity contribution in [3.63, 3.8) is 0 Å². The van der Waals surface area contributed by atoms with Crippen molar-refractivity contribution < 1.29 is 24.1 Å². The highest BCUT2D eigenvalue weighted by atomic mass is 16.5. The molecule has 0 aliphatic heterocycles. The molecule has 0 amide bonds. The van der Waals surface area contributed by atoms with Gasteiger partial charge in [-0.1, -0.05) is 0 Å². The van der Waals surface area contributed by atoms with Crippen LogP contribution in [-0.2, 0) is 4.79 Å². The number of hydrogen-bond donors (Lipinski definition) is 1. The van der Waals surface area contributed by atoms with Crippen LogP contribution in [0.2, 0.25) is 0 Å². The Hall–Kier alpha value is -2.11. The molecule has 0 fully saturated rings. The van der Waals surface area contributed by atoms with Crippen LogP contribution in [-0.4, -0.2) is 45.5 Å². The van der Waals surface area contributed by atoms with Crippen LogP contribution in [0.25, 0.3) is 0 Å². The van der Waals surface area contributed by atoms with Gasteiger partial charge in [-0.2, -0.15) is 0 Å². The topological polar surface area (TPSA) is 68.2 Å². The normalized spacial score (nSPS) is 11.6. The largest absolute Gasteiger partial charge is 0.494 e. The molecule has 1 rings (SSSR count). The summed E-state index contributed by atoms with van der Waals surface area (Å²) < 4.78 is 15.7. The second-order valence-corrected chi connectivity index (χ2v) is 4.00. The molecule has 0 aromatic heterocycles. The number of anilines is 1. The molecule has 1 atom stereocenters. The molecule has 1 N–H and O–H groups in total. The minimum absolute atomic E-state index is 0.516. The molecule has 1 unspecified atom stereocenters. The number of benzene rings is 1. The SMILES string of the molecule is COc1cc(OC)c(N(C)C(C)C(=O)O)cc1OC. The zero-order valence-electron chi connectivity index (χ0n) is 11.8. The molecule has 6 heteroatoms. The Labute approximate surface area is 112 Å². The molecule has 6 nitrogen and oxygen atoms in total. The smallest absolute Gasteiger partial charge is 0.326 e. The van der Waals surface area contributed by atoms with Crippen LogP contribution in [0, 0.1) is 0 Å². The van der Waals surface area contributed by atoms with Gasteiger partial charge >= 0.3 is 5.97 Å². The Morgan fingerprint density at radius 3 is 2.00 bits per heavy atom. The number of carboxylic acids is 1. The predicted octanol–water partition coefficient (Wildman–Crippen LogP) is 1.62. The number of likely N-dealkylation sites (N-methyl/N-ethyl adjacent to an activating group) is 1. The Morgan fingerprint density at radius 2 is 1.58 bits per heavy atom. The monoisotopic (exact) mass is 269 g/mol. The van der Waals surface area contributed by atoms with Crippen molar-refractivity contribution in [2.24, 2.45) is 0 Å². The van der Waals surface area contributed by atoms with E-state index in [0.717, 1.165) is 0 Å². The number of methoxy groups -OCH3 is 3. The standard InChI is InChI=1S/C13H19NO5/c1-8(13(15)16)14(2)9-6-11(18-4)12(19-5)7-10(9)17-3/h6-8H,1-5H3,(H,15,16). The van der Waals surface area contributed by atoms with Crippen molar-refractivity contribution in [1.29, 1.82) is 0 Å². The Kier molecular flexibility index (Phi) is 4.86. The average Bonchev–Trinajstić information content (AvgIpc) is 2.43. The van der Waals surface area contributed by atoms with Crippen molar-refractivity contribution in [3.8, 4) is 17.2 Å². The summed E-state index contributed by atoms with van der Waals surface area (Å²) in [6.45, 7) is 1.60. The summed E-state index contributed by atoms with van der Waals surface area (Å²) in [5.41, 5.74) is 0.620. The summed E-state index contributed by atoms with van der Waals surface area (Å²) in [6, 6.07) is 2.67. The quantitative estimate of drug-likeness (QED) is 0.846. The van der Waals surface area contributed by atoms with E-state index in [0.29, 0.717) is 22.9 Å². The maximum absolute atomic E-state index is 11.1. The van der Waals surface area contributed by atoms with Gasteiger partial charge in [0, 0.05) is 19.2 Å². The minimum Gasteiger partial charge on any atom is -0.494 e. The highest BCUT2D eigenvalue weighted by molar-refractivity contribution is 5.79. The van der Waals surface area contributed by atoms with E-state index >= 15 is 0 Å². The van der Waals surface area contributed by atoms with E-state index in [1.807, 2.05) is 0 Å². The Morgan fingerprint density at radius 1 is 1.11 bits per heavy atom. The lowest BCUT2D eigenvalue weighted by molar-refractivity contribution is -0.138. The molecule has 0 aliphatic rings. The fourth-order valence-electron chi connectivity index (χ4n) is 1.66. The van der Waals surface area contributed by atoms with Crippen LogP contribution < -0.4 is 19.1 Å². The summed E-state index contributed by atoms with van der Waals surface area (Å²) in [4.78, 5) is 12.7. The minimum atomic E-state index is -0.917. The van der Waals surface area contributed by atoms with Crippen LogP contribution >= 0.6 is 0 Å². The Balaban J connectivity index is 3.29. The third-order valence-electron chi connectivity index (χ3n) is 3.00. The van der Waals surface area contributed by atoms with E-state index in [1.54, 1.807) is 31.0 Å². The number of carbonyl (C=O) groups is 1. The average molecular weight is 269 g/mol. The molecule has 1 aromatic rings. The molecule has 0 spiro atoms. The number of aliphatic carboxylic acids is 1. The first kappa shape index (κ1) is 14.9. The van der Waals surface area contributed by atoms with Gasteiger partial charge < -0.3 is 24.2 Å². The van der Waals surface area contributed by atoms with Gasteiger partial charge in [-0.25, -0.2) is 4.79 Å². The molecule has 0 radical (unpaired) electrons. The van der Waals surface area contributed by atoms with Gasteiger partial charge in [-0.05, 0) is 6.92 Å². The number of ether oxygens (including phenoxy) is 3. The van der Waals surface area contributed by atoms with Gasteiger partial charge in [0.2, 0.25) is 0 Å². The van der Waals surface area contributed by atoms with E-state index < -0.39 is 12.0 Å². The second kappa shape index (κ2) is 6.17. The zero-order chi connectivity index (χ0) is 14.6. The van der Waals surface area contributed by atoms with Crippen LogP contribution in [0.15, 0.2) is 12.1 Å². The van der Waals surface area contributed by atoms with Crippen molar-refractivity contribution >= 4 is 11.7 Å². The fraction of sp³-hybridized carbons (Fsp3) is 0.462. The molecule has 19 heavy (non-hydrogen) atoms. The van der Waals surface area contributed by atoms with Crippen molar-refractivity contribution in [2.75, 3.05) is 33.3 Å². The first-order valence-corrected chi connectivity index (χ1v) is 5.71.